The Morgan fingerprint density at radius 2 is 1.43 bits per heavy atom. The third kappa shape index (κ3) is 5.26. The van der Waals surface area contributed by atoms with Crippen LogP contribution >= 0.6 is 12.2 Å². The molecule has 0 spiro atoms. The van der Waals surface area contributed by atoms with E-state index >= 15 is 0 Å². The molecule has 0 radical (unpaired) electrons. The zero-order chi connectivity index (χ0) is 21.9. The summed E-state index contributed by atoms with van der Waals surface area (Å²) in [5.74, 6) is 0. The molecule has 0 amide bonds. The van der Waals surface area contributed by atoms with Crippen molar-refractivity contribution in [3.05, 3.63) is 77.4 Å². The number of thiocarbonyl (C=S) groups is 1. The molecule has 3 rings (SSSR count). The van der Waals surface area contributed by atoms with Crippen LogP contribution in [0.3, 0.4) is 0 Å². The van der Waals surface area contributed by atoms with E-state index in [0.717, 1.165) is 16.3 Å². The Bertz CT molecular complexity index is 1070. The smallest absolute Gasteiger partial charge is 0.331 e. The van der Waals surface area contributed by atoms with Crippen molar-refractivity contribution >= 4 is 40.0 Å². The Hall–Kier alpha value is -3.14. The molecule has 0 aliphatic carbocycles. The minimum atomic E-state index is -4.95. The molecule has 0 fully saturated rings. The topological polar surface area (TPSA) is 36.4 Å². The van der Waals surface area contributed by atoms with E-state index < -0.39 is 29.2 Å². The summed E-state index contributed by atoms with van der Waals surface area (Å²) in [6.45, 7) is 0. The van der Waals surface area contributed by atoms with Crippen molar-refractivity contribution in [2.45, 2.75) is 12.4 Å². The van der Waals surface area contributed by atoms with Crippen LogP contribution in [-0.4, -0.2) is 11.3 Å². The van der Waals surface area contributed by atoms with Crippen LogP contribution in [0.25, 0.3) is 10.8 Å². The molecular weight excluding hydrogens is 428 g/mol. The molecule has 156 valence electrons. The van der Waals surface area contributed by atoms with Gasteiger partial charge in [0.25, 0.3) is 0 Å². The van der Waals surface area contributed by atoms with Gasteiger partial charge in [-0.1, -0.05) is 42.5 Å². The summed E-state index contributed by atoms with van der Waals surface area (Å²) >= 11 is 4.92. The highest BCUT2D eigenvalue weighted by Gasteiger charge is 2.37. The van der Waals surface area contributed by atoms with Crippen molar-refractivity contribution in [2.75, 3.05) is 5.32 Å². The van der Waals surface area contributed by atoms with Crippen LogP contribution in [0.5, 0.6) is 0 Å². The van der Waals surface area contributed by atoms with Crippen molar-refractivity contribution in [1.29, 1.82) is 0 Å². The highest BCUT2D eigenvalue weighted by Crippen LogP contribution is 2.37. The van der Waals surface area contributed by atoms with Crippen LogP contribution in [0.15, 0.2) is 65.8 Å². The largest absolute Gasteiger partial charge is 0.416 e. The normalized spacial score (nSPS) is 12.3. The van der Waals surface area contributed by atoms with Crippen molar-refractivity contribution in [2.24, 2.45) is 5.10 Å². The fourth-order valence-electron chi connectivity index (χ4n) is 2.71. The maximum atomic E-state index is 12.9. The Morgan fingerprint density at radius 3 is 2.07 bits per heavy atom. The number of anilines is 1. The minimum absolute atomic E-state index is 0.0420. The maximum absolute atomic E-state index is 12.9. The Labute approximate surface area is 172 Å². The number of alkyl halides is 6. The lowest BCUT2D eigenvalue weighted by molar-refractivity contribution is -0.143. The second-order valence-corrected chi connectivity index (χ2v) is 6.60. The van der Waals surface area contributed by atoms with Gasteiger partial charge in [0, 0.05) is 11.3 Å². The summed E-state index contributed by atoms with van der Waals surface area (Å²) in [6.07, 6.45) is -8.44. The molecule has 0 unspecified atom stereocenters. The number of nitrogens with zero attached hydrogens (tertiary/aromatic N) is 1. The van der Waals surface area contributed by atoms with Gasteiger partial charge >= 0.3 is 12.4 Å². The van der Waals surface area contributed by atoms with E-state index in [1.54, 1.807) is 6.07 Å². The third-order valence-corrected chi connectivity index (χ3v) is 4.23. The first kappa shape index (κ1) is 21.6. The van der Waals surface area contributed by atoms with Crippen LogP contribution in [0, 0.1) is 0 Å². The standard InChI is InChI=1S/C20H13F6N3S/c21-19(22,23)14-8-15(20(24,25)26)10-16(9-14)28-18(30)29-27-11-13-6-3-5-12-4-1-2-7-17(12)13/h1-11H,(H2,28,29,30). The lowest BCUT2D eigenvalue weighted by atomic mass is 10.1. The van der Waals surface area contributed by atoms with E-state index in [0.29, 0.717) is 12.1 Å². The Kier molecular flexibility index (Phi) is 5.97. The van der Waals surface area contributed by atoms with E-state index in [9.17, 15) is 26.3 Å². The summed E-state index contributed by atoms with van der Waals surface area (Å²) < 4.78 is 77.5. The molecule has 0 aliphatic heterocycles. The average molecular weight is 441 g/mol. The zero-order valence-corrected chi connectivity index (χ0v) is 15.8. The second kappa shape index (κ2) is 8.31. The molecule has 0 atom stereocenters. The van der Waals surface area contributed by atoms with Gasteiger partial charge in [0.2, 0.25) is 0 Å². The number of hydrogen-bond donors (Lipinski definition) is 2. The maximum Gasteiger partial charge on any atom is 0.416 e. The Balaban J connectivity index is 1.76. The van der Waals surface area contributed by atoms with Crippen LogP contribution in [-0.2, 0) is 12.4 Å². The number of rotatable bonds is 3. The number of fused-ring (bicyclic) bond motifs is 1. The molecular formula is C20H13F6N3S. The molecule has 10 heteroatoms. The summed E-state index contributed by atoms with van der Waals surface area (Å²) in [6, 6.07) is 14.2. The summed E-state index contributed by atoms with van der Waals surface area (Å²) in [7, 11) is 0. The van der Waals surface area contributed by atoms with Crippen LogP contribution < -0.4 is 10.7 Å². The van der Waals surface area contributed by atoms with Gasteiger partial charge in [0.05, 0.1) is 17.3 Å². The predicted molar refractivity (Wildman–Crippen MR) is 107 cm³/mol. The number of hydrazone groups is 1. The summed E-state index contributed by atoms with van der Waals surface area (Å²) in [5, 5.41) is 7.83. The van der Waals surface area contributed by atoms with Crippen molar-refractivity contribution in [3.8, 4) is 0 Å². The minimum Gasteiger partial charge on any atom is -0.331 e. The molecule has 30 heavy (non-hydrogen) atoms. The van der Waals surface area contributed by atoms with Crippen LogP contribution in [0.4, 0.5) is 32.0 Å². The van der Waals surface area contributed by atoms with E-state index in [-0.39, 0.29) is 11.2 Å². The lowest BCUT2D eigenvalue weighted by Crippen LogP contribution is -2.24. The second-order valence-electron chi connectivity index (χ2n) is 6.19. The van der Waals surface area contributed by atoms with Crippen LogP contribution in [0.2, 0.25) is 0 Å². The zero-order valence-electron chi connectivity index (χ0n) is 15.0. The van der Waals surface area contributed by atoms with Crippen molar-refractivity contribution in [1.82, 2.24) is 5.43 Å². The highest BCUT2D eigenvalue weighted by atomic mass is 32.1. The van der Waals surface area contributed by atoms with Gasteiger partial charge in [-0.15, -0.1) is 0 Å². The van der Waals surface area contributed by atoms with Gasteiger partial charge in [-0.3, -0.25) is 5.43 Å². The van der Waals surface area contributed by atoms with Gasteiger partial charge in [0.15, 0.2) is 5.11 Å². The van der Waals surface area contributed by atoms with Gasteiger partial charge in [-0.25, -0.2) is 0 Å². The quantitative estimate of drug-likeness (QED) is 0.220. The van der Waals surface area contributed by atoms with Gasteiger partial charge in [0.1, 0.15) is 0 Å². The van der Waals surface area contributed by atoms with E-state index in [4.69, 9.17) is 12.2 Å². The SMILES string of the molecule is FC(F)(F)c1cc(NC(=S)NN=Cc2cccc3ccccc23)cc(C(F)(F)F)c1. The van der Waals surface area contributed by atoms with Gasteiger partial charge in [-0.2, -0.15) is 31.4 Å². The van der Waals surface area contributed by atoms with Gasteiger partial charge in [-0.05, 0) is 41.2 Å². The molecule has 0 aromatic heterocycles. The summed E-state index contributed by atoms with van der Waals surface area (Å²) in [4.78, 5) is 0. The molecule has 3 aromatic carbocycles. The molecule has 3 aromatic rings. The Morgan fingerprint density at radius 1 is 0.833 bits per heavy atom. The van der Waals surface area contributed by atoms with E-state index in [1.807, 2.05) is 36.4 Å². The first-order valence-electron chi connectivity index (χ1n) is 8.41. The first-order valence-corrected chi connectivity index (χ1v) is 8.82. The lowest BCUT2D eigenvalue weighted by Gasteiger charge is -2.15. The van der Waals surface area contributed by atoms with Gasteiger partial charge < -0.3 is 5.32 Å². The number of hydrogen-bond acceptors (Lipinski definition) is 2. The third-order valence-electron chi connectivity index (χ3n) is 4.04. The predicted octanol–water partition coefficient (Wildman–Crippen LogP) is 6.20. The number of halogens is 6. The highest BCUT2D eigenvalue weighted by molar-refractivity contribution is 7.80. The molecule has 0 aliphatic rings. The molecule has 2 N–H and O–H groups in total. The molecule has 0 bridgehead atoms. The van der Waals surface area contributed by atoms with E-state index in [2.05, 4.69) is 15.8 Å². The number of benzene rings is 3. The van der Waals surface area contributed by atoms with Crippen molar-refractivity contribution in [3.63, 3.8) is 0 Å². The van der Waals surface area contributed by atoms with E-state index in [1.165, 1.54) is 6.21 Å². The molecule has 3 nitrogen and oxygen atoms in total. The first-order chi connectivity index (χ1) is 14.0. The number of nitrogens with one attached hydrogen (secondary N) is 2. The fraction of sp³-hybridized carbons (Fsp3) is 0.100. The van der Waals surface area contributed by atoms with Crippen molar-refractivity contribution < 1.29 is 26.3 Å². The summed E-state index contributed by atoms with van der Waals surface area (Å²) in [5.41, 5.74) is -0.209. The molecule has 0 saturated heterocycles. The van der Waals surface area contributed by atoms with Crippen LogP contribution in [0.1, 0.15) is 16.7 Å². The molecule has 0 saturated carbocycles. The fourth-order valence-corrected chi connectivity index (χ4v) is 2.88. The molecule has 0 heterocycles. The average Bonchev–Trinajstić information content (AvgIpc) is 2.66. The monoisotopic (exact) mass is 441 g/mol.